The molecule has 0 aliphatic heterocycles. The molecule has 1 heterocycles. The molecule has 8 nitrogen and oxygen atoms in total. The lowest BCUT2D eigenvalue weighted by atomic mass is 10.3. The van der Waals surface area contributed by atoms with Gasteiger partial charge in [-0.3, -0.25) is 5.32 Å². The molecule has 2 aromatic carbocycles. The van der Waals surface area contributed by atoms with Gasteiger partial charge in [-0.15, -0.1) is 0 Å². The summed E-state index contributed by atoms with van der Waals surface area (Å²) in [5.74, 6) is 0.0189. The number of hydrogen-bond acceptors (Lipinski definition) is 5. The lowest BCUT2D eigenvalue weighted by molar-refractivity contribution is 0.186. The average Bonchev–Trinajstić information content (AvgIpc) is 3.05. The molecule has 0 bridgehead atoms. The minimum absolute atomic E-state index is 0.0189. The van der Waals surface area contributed by atoms with Gasteiger partial charge in [0.25, 0.3) is 0 Å². The van der Waals surface area contributed by atoms with Crippen molar-refractivity contribution < 1.29 is 18.5 Å². The molecular weight excluding hydrogens is 368 g/mol. The highest BCUT2D eigenvalue weighted by atomic mass is 32.2. The standard InChI is InChI=1S/C18H18N4O4S/c1-3-19-17(23)22-15-10-9-13(27(25)12-7-5-4-6-8-12)11-14(15)20-16(22)21-18(24)26-2/h4-11H,3H2,1-2H3,(H,19,23)(H,20,21,24). The van der Waals surface area contributed by atoms with Gasteiger partial charge in [0.05, 0.1) is 28.9 Å². The Morgan fingerprint density at radius 1 is 1.15 bits per heavy atom. The van der Waals surface area contributed by atoms with Crippen LogP contribution < -0.4 is 10.6 Å². The number of nitrogens with one attached hydrogen (secondary N) is 2. The Morgan fingerprint density at radius 2 is 1.89 bits per heavy atom. The normalized spacial score (nSPS) is 11.8. The van der Waals surface area contributed by atoms with E-state index in [4.69, 9.17) is 0 Å². The first-order valence-corrected chi connectivity index (χ1v) is 9.32. The van der Waals surface area contributed by atoms with E-state index in [-0.39, 0.29) is 5.95 Å². The molecule has 2 N–H and O–H groups in total. The summed E-state index contributed by atoms with van der Waals surface area (Å²) < 4.78 is 18.6. The average molecular weight is 386 g/mol. The molecule has 1 aromatic heterocycles. The molecule has 0 saturated carbocycles. The predicted molar refractivity (Wildman–Crippen MR) is 101 cm³/mol. The monoisotopic (exact) mass is 386 g/mol. The number of rotatable bonds is 4. The summed E-state index contributed by atoms with van der Waals surface area (Å²) in [7, 11) is -0.171. The molecule has 3 aromatic rings. The molecule has 3 rings (SSSR count). The van der Waals surface area contributed by atoms with Crippen LogP contribution in [0, 0.1) is 0 Å². The molecule has 9 heteroatoms. The van der Waals surface area contributed by atoms with Crippen LogP contribution in [-0.4, -0.2) is 39.5 Å². The van der Waals surface area contributed by atoms with E-state index in [2.05, 4.69) is 20.4 Å². The summed E-state index contributed by atoms with van der Waals surface area (Å²) >= 11 is 0. The van der Waals surface area contributed by atoms with Gasteiger partial charge in [-0.1, -0.05) is 18.2 Å². The number of carbonyl (C=O) groups is 2. The first-order valence-electron chi connectivity index (χ1n) is 8.17. The van der Waals surface area contributed by atoms with Crippen molar-refractivity contribution in [1.29, 1.82) is 0 Å². The van der Waals surface area contributed by atoms with E-state index >= 15 is 0 Å². The summed E-state index contributed by atoms with van der Waals surface area (Å²) in [6.45, 7) is 2.19. The molecular formula is C18H18N4O4S. The fraction of sp³-hybridized carbons (Fsp3) is 0.167. The number of nitrogens with zero attached hydrogens (tertiary/aromatic N) is 2. The summed E-state index contributed by atoms with van der Waals surface area (Å²) in [6.07, 6.45) is -0.746. The maximum atomic E-state index is 12.7. The van der Waals surface area contributed by atoms with Crippen molar-refractivity contribution in [1.82, 2.24) is 14.9 Å². The zero-order valence-corrected chi connectivity index (χ0v) is 15.6. The Kier molecular flexibility index (Phi) is 5.51. The van der Waals surface area contributed by atoms with Crippen LogP contribution in [-0.2, 0) is 15.5 Å². The van der Waals surface area contributed by atoms with Crippen LogP contribution in [0.3, 0.4) is 0 Å². The molecule has 0 saturated heterocycles. The molecule has 0 fully saturated rings. The second kappa shape index (κ2) is 8.00. The molecule has 2 amide bonds. The number of benzene rings is 2. The van der Waals surface area contributed by atoms with E-state index in [0.717, 1.165) is 0 Å². The number of carbonyl (C=O) groups excluding carboxylic acids is 2. The summed E-state index contributed by atoms with van der Waals surface area (Å²) in [5.41, 5.74) is 0.899. The van der Waals surface area contributed by atoms with Crippen LogP contribution in [0.5, 0.6) is 0 Å². The van der Waals surface area contributed by atoms with Crippen molar-refractivity contribution >= 4 is 39.9 Å². The van der Waals surface area contributed by atoms with Gasteiger partial charge in [0.1, 0.15) is 0 Å². The van der Waals surface area contributed by atoms with E-state index in [1.54, 1.807) is 37.3 Å². The summed E-state index contributed by atoms with van der Waals surface area (Å²) in [6, 6.07) is 13.5. The van der Waals surface area contributed by atoms with Crippen LogP contribution in [0.15, 0.2) is 58.3 Å². The van der Waals surface area contributed by atoms with Crippen LogP contribution in [0.25, 0.3) is 11.0 Å². The van der Waals surface area contributed by atoms with Crippen molar-refractivity contribution in [3.63, 3.8) is 0 Å². The number of aromatic nitrogens is 2. The van der Waals surface area contributed by atoms with E-state index in [1.165, 1.54) is 11.7 Å². The van der Waals surface area contributed by atoms with E-state index in [0.29, 0.717) is 27.4 Å². The number of fused-ring (bicyclic) bond motifs is 1. The second-order valence-corrected chi connectivity index (χ2v) is 6.94. The van der Waals surface area contributed by atoms with Crippen molar-refractivity contribution in [3.8, 4) is 0 Å². The number of imidazole rings is 1. The van der Waals surface area contributed by atoms with Gasteiger partial charge < -0.3 is 10.1 Å². The second-order valence-electron chi connectivity index (χ2n) is 5.46. The Bertz CT molecular complexity index is 1020. The van der Waals surface area contributed by atoms with Gasteiger partial charge in [-0.05, 0) is 37.3 Å². The third-order valence-corrected chi connectivity index (χ3v) is 5.11. The molecule has 0 spiro atoms. The van der Waals surface area contributed by atoms with Gasteiger partial charge in [-0.25, -0.2) is 23.3 Å². The zero-order chi connectivity index (χ0) is 19.4. The molecule has 140 valence electrons. The van der Waals surface area contributed by atoms with Crippen molar-refractivity contribution in [2.24, 2.45) is 0 Å². The Balaban J connectivity index is 2.07. The number of hydrogen-bond donors (Lipinski definition) is 2. The molecule has 1 unspecified atom stereocenters. The molecule has 0 aliphatic carbocycles. The number of ether oxygens (including phenoxy) is 1. The van der Waals surface area contributed by atoms with Crippen LogP contribution in [0.1, 0.15) is 6.92 Å². The maximum absolute atomic E-state index is 12.7. The van der Waals surface area contributed by atoms with Gasteiger partial charge in [0, 0.05) is 16.3 Å². The molecule has 27 heavy (non-hydrogen) atoms. The quantitative estimate of drug-likeness (QED) is 0.718. The zero-order valence-electron chi connectivity index (χ0n) is 14.8. The van der Waals surface area contributed by atoms with Crippen molar-refractivity contribution in [3.05, 3.63) is 48.5 Å². The minimum atomic E-state index is -1.39. The third kappa shape index (κ3) is 3.82. The SMILES string of the molecule is CCNC(=O)n1c(NC(=O)OC)nc2cc(S(=O)c3ccccc3)ccc21. The highest BCUT2D eigenvalue weighted by Gasteiger charge is 2.19. The largest absolute Gasteiger partial charge is 0.453 e. The smallest absolute Gasteiger partial charge is 0.413 e. The van der Waals surface area contributed by atoms with Gasteiger partial charge in [-0.2, -0.15) is 0 Å². The topological polar surface area (TPSA) is 102 Å². The van der Waals surface area contributed by atoms with Gasteiger partial charge in [0.15, 0.2) is 0 Å². The Hall–Kier alpha value is -3.20. The third-order valence-electron chi connectivity index (χ3n) is 3.73. The van der Waals surface area contributed by atoms with E-state index in [1.807, 2.05) is 18.2 Å². The lowest BCUT2D eigenvalue weighted by Gasteiger charge is -2.08. The summed E-state index contributed by atoms with van der Waals surface area (Å²) in [4.78, 5) is 29.5. The maximum Gasteiger partial charge on any atom is 0.413 e. The first-order chi connectivity index (χ1) is 13.0. The molecule has 0 radical (unpaired) electrons. The number of anilines is 1. The highest BCUT2D eigenvalue weighted by Crippen LogP contribution is 2.24. The van der Waals surface area contributed by atoms with E-state index in [9.17, 15) is 13.8 Å². The minimum Gasteiger partial charge on any atom is -0.453 e. The van der Waals surface area contributed by atoms with Crippen molar-refractivity contribution in [2.75, 3.05) is 19.0 Å². The predicted octanol–water partition coefficient (Wildman–Crippen LogP) is 2.96. The summed E-state index contributed by atoms with van der Waals surface area (Å²) in [5, 5.41) is 5.09. The fourth-order valence-electron chi connectivity index (χ4n) is 2.52. The van der Waals surface area contributed by atoms with Crippen LogP contribution in [0.2, 0.25) is 0 Å². The number of methoxy groups -OCH3 is 1. The highest BCUT2D eigenvalue weighted by molar-refractivity contribution is 7.85. The first kappa shape index (κ1) is 18.6. The number of amides is 2. The van der Waals surface area contributed by atoms with Crippen molar-refractivity contribution in [2.45, 2.75) is 16.7 Å². The Labute approximate surface area is 158 Å². The molecule has 1 atom stereocenters. The lowest BCUT2D eigenvalue weighted by Crippen LogP contribution is -2.30. The van der Waals surface area contributed by atoms with Crippen LogP contribution >= 0.6 is 0 Å². The van der Waals surface area contributed by atoms with Crippen LogP contribution in [0.4, 0.5) is 15.5 Å². The fourth-order valence-corrected chi connectivity index (χ4v) is 3.60. The molecule has 0 aliphatic rings. The van der Waals surface area contributed by atoms with Gasteiger partial charge >= 0.3 is 12.1 Å². The van der Waals surface area contributed by atoms with Gasteiger partial charge in [0.2, 0.25) is 5.95 Å². The Morgan fingerprint density at radius 3 is 2.56 bits per heavy atom. The van der Waals surface area contributed by atoms with E-state index < -0.39 is 22.9 Å².